The third-order valence-electron chi connectivity index (χ3n) is 5.02. The van der Waals surface area contributed by atoms with E-state index in [1.54, 1.807) is 36.9 Å². The first-order valence-corrected chi connectivity index (χ1v) is 12.2. The molecule has 0 fully saturated rings. The Hall–Kier alpha value is -4.69. The maximum absolute atomic E-state index is 12.5. The van der Waals surface area contributed by atoms with E-state index in [-0.39, 0.29) is 17.5 Å². The molecule has 216 valence electrons. The minimum Gasteiger partial charge on any atom is -0.491 e. The first-order chi connectivity index (χ1) is 19.1. The lowest BCUT2D eigenvalue weighted by Gasteiger charge is -2.12. The lowest BCUT2D eigenvalue weighted by molar-refractivity contribution is -0.192. The number of unbranched alkanes of at least 4 members (excludes halogenated alkanes) is 1. The van der Waals surface area contributed by atoms with Gasteiger partial charge in [0.15, 0.2) is 5.69 Å². The highest BCUT2D eigenvalue weighted by Gasteiger charge is 2.38. The van der Waals surface area contributed by atoms with Crippen molar-refractivity contribution in [3.63, 3.8) is 0 Å². The number of carbonyl (C=O) groups is 3. The van der Waals surface area contributed by atoms with E-state index in [4.69, 9.17) is 14.6 Å². The number of carboxylic acid groups (broad SMARTS) is 1. The summed E-state index contributed by atoms with van der Waals surface area (Å²) in [5, 5.41) is 20.8. The molecule has 0 aliphatic carbocycles. The predicted molar refractivity (Wildman–Crippen MR) is 137 cm³/mol. The molecular weight excluding hydrogens is 535 g/mol. The number of nitrogens with one attached hydrogen (secondary N) is 2. The van der Waals surface area contributed by atoms with Crippen molar-refractivity contribution in [3.8, 4) is 11.4 Å². The molecule has 0 saturated heterocycles. The molecule has 0 bridgehead atoms. The lowest BCUT2D eigenvalue weighted by Crippen LogP contribution is -2.25. The summed E-state index contributed by atoms with van der Waals surface area (Å²) in [6, 6.07) is 5.09. The average Bonchev–Trinajstić information content (AvgIpc) is 3.62. The van der Waals surface area contributed by atoms with Gasteiger partial charge < -0.3 is 25.0 Å². The number of carbonyl (C=O) groups excluding carboxylic acids is 2. The Labute approximate surface area is 227 Å². The number of benzene rings is 1. The third kappa shape index (κ3) is 10.2. The van der Waals surface area contributed by atoms with Gasteiger partial charge in [0.25, 0.3) is 11.8 Å². The second-order valence-electron chi connectivity index (χ2n) is 8.08. The molecule has 15 heteroatoms. The Morgan fingerprint density at radius 2 is 1.93 bits per heavy atom. The van der Waals surface area contributed by atoms with Crippen LogP contribution in [0.5, 0.6) is 5.75 Å². The Morgan fingerprint density at radius 3 is 2.55 bits per heavy atom. The number of hydrogen-bond acceptors (Lipinski definition) is 7. The maximum atomic E-state index is 12.5. The summed E-state index contributed by atoms with van der Waals surface area (Å²) in [6.45, 7) is 7.82. The van der Waals surface area contributed by atoms with Crippen molar-refractivity contribution in [2.45, 2.75) is 38.9 Å². The number of imidazole rings is 1. The molecule has 0 unspecified atom stereocenters. The Balaban J connectivity index is 0.000000708. The van der Waals surface area contributed by atoms with Gasteiger partial charge in [0.05, 0.1) is 19.1 Å². The predicted octanol–water partition coefficient (Wildman–Crippen LogP) is 3.01. The highest BCUT2D eigenvalue weighted by molar-refractivity contribution is 5.95. The largest absolute Gasteiger partial charge is 0.491 e. The number of rotatable bonds is 13. The van der Waals surface area contributed by atoms with Gasteiger partial charge in [-0.2, -0.15) is 13.2 Å². The van der Waals surface area contributed by atoms with Gasteiger partial charge in [-0.25, -0.2) is 14.5 Å². The van der Waals surface area contributed by atoms with Crippen LogP contribution in [0.1, 0.15) is 47.0 Å². The van der Waals surface area contributed by atoms with Gasteiger partial charge in [-0.05, 0) is 44.4 Å². The number of hydrogen-bond donors (Lipinski definition) is 3. The highest BCUT2D eigenvalue weighted by Crippen LogP contribution is 2.25. The maximum Gasteiger partial charge on any atom is 0.490 e. The molecule has 0 radical (unpaired) electrons. The molecule has 3 rings (SSSR count). The molecular formula is C25H30F3N7O5. The van der Waals surface area contributed by atoms with E-state index >= 15 is 0 Å². The van der Waals surface area contributed by atoms with E-state index in [2.05, 4.69) is 32.5 Å². The van der Waals surface area contributed by atoms with Crippen LogP contribution in [-0.4, -0.2) is 73.3 Å². The quantitative estimate of drug-likeness (QED) is 0.211. The molecule has 3 aromatic rings. The van der Waals surface area contributed by atoms with Crippen molar-refractivity contribution in [1.29, 1.82) is 0 Å². The summed E-state index contributed by atoms with van der Waals surface area (Å²) in [5.74, 6) is -2.76. The second kappa shape index (κ2) is 15.7. The molecule has 2 amide bonds. The molecule has 0 aliphatic rings. The molecule has 3 N–H and O–H groups in total. The van der Waals surface area contributed by atoms with Crippen LogP contribution in [0.25, 0.3) is 5.69 Å². The van der Waals surface area contributed by atoms with Crippen molar-refractivity contribution < 1.29 is 37.4 Å². The number of carboxylic acids is 1. The fourth-order valence-corrected chi connectivity index (χ4v) is 3.09. The van der Waals surface area contributed by atoms with Gasteiger partial charge in [0.2, 0.25) is 0 Å². The third-order valence-corrected chi connectivity index (χ3v) is 5.02. The summed E-state index contributed by atoms with van der Waals surface area (Å²) < 4.78 is 41.1. The number of amides is 2. The van der Waals surface area contributed by atoms with E-state index < -0.39 is 12.1 Å². The van der Waals surface area contributed by atoms with Crippen LogP contribution in [0.4, 0.5) is 13.2 Å². The number of allylic oxidation sites excluding steroid dienone is 1. The first kappa shape index (κ1) is 31.5. The van der Waals surface area contributed by atoms with Gasteiger partial charge in [-0.15, -0.1) is 11.7 Å². The fraction of sp³-hybridized carbons (Fsp3) is 0.360. The van der Waals surface area contributed by atoms with Gasteiger partial charge in [0.1, 0.15) is 11.4 Å². The summed E-state index contributed by atoms with van der Waals surface area (Å²) in [4.78, 5) is 37.6. The van der Waals surface area contributed by atoms with Crippen LogP contribution < -0.4 is 15.4 Å². The van der Waals surface area contributed by atoms with Crippen LogP contribution in [0.2, 0.25) is 0 Å². The first-order valence-electron chi connectivity index (χ1n) is 12.2. The van der Waals surface area contributed by atoms with Crippen molar-refractivity contribution in [3.05, 3.63) is 67.0 Å². The zero-order valence-corrected chi connectivity index (χ0v) is 21.7. The van der Waals surface area contributed by atoms with Crippen molar-refractivity contribution in [2.75, 3.05) is 19.7 Å². The van der Waals surface area contributed by atoms with E-state index in [1.165, 1.54) is 4.68 Å². The number of halogens is 3. The smallest absolute Gasteiger partial charge is 0.490 e. The monoisotopic (exact) mass is 565 g/mol. The van der Waals surface area contributed by atoms with Gasteiger partial charge in [0, 0.05) is 37.6 Å². The van der Waals surface area contributed by atoms with E-state index in [0.29, 0.717) is 36.7 Å². The van der Waals surface area contributed by atoms with Crippen LogP contribution >= 0.6 is 0 Å². The fourth-order valence-electron chi connectivity index (χ4n) is 3.09. The minimum atomic E-state index is -5.08. The SMILES string of the molecule is C=CCCCOc1cc(C(=O)NCC)ccc1-n1cc(C(=O)NCCCn2ccnc2)nn1.O=C(O)C(F)(F)F. The average molecular weight is 566 g/mol. The standard InChI is InChI=1S/C23H29N7O3.C2HF3O2/c1-3-5-6-14-33-21-15-18(22(31)25-4-2)8-9-20(21)30-16-19(27-28-30)23(32)26-10-7-12-29-13-11-24-17-29;3-2(4,5)1(6)7/h3,8-9,11,13,15-17H,1,4-7,10,12,14H2,2H3,(H,25,31)(H,26,32);(H,6,7). The van der Waals surface area contributed by atoms with Crippen LogP contribution in [0, 0.1) is 0 Å². The minimum absolute atomic E-state index is 0.186. The van der Waals surface area contributed by atoms with Gasteiger partial charge in [-0.3, -0.25) is 9.59 Å². The molecule has 0 spiro atoms. The Bertz CT molecular complexity index is 1260. The molecule has 2 heterocycles. The van der Waals surface area contributed by atoms with Crippen LogP contribution in [0.3, 0.4) is 0 Å². The van der Waals surface area contributed by atoms with Gasteiger partial charge in [-0.1, -0.05) is 11.3 Å². The number of ether oxygens (including phenoxy) is 1. The van der Waals surface area contributed by atoms with Crippen molar-refractivity contribution in [1.82, 2.24) is 35.2 Å². The molecule has 12 nitrogen and oxygen atoms in total. The zero-order chi connectivity index (χ0) is 29.5. The van der Waals surface area contributed by atoms with E-state index in [9.17, 15) is 22.8 Å². The molecule has 2 aromatic heterocycles. The number of aryl methyl sites for hydroxylation is 1. The number of alkyl halides is 3. The normalized spacial score (nSPS) is 10.7. The molecule has 0 aliphatic heterocycles. The van der Waals surface area contributed by atoms with E-state index in [0.717, 1.165) is 25.8 Å². The highest BCUT2D eigenvalue weighted by atomic mass is 19.4. The lowest BCUT2D eigenvalue weighted by atomic mass is 10.1. The molecule has 40 heavy (non-hydrogen) atoms. The summed E-state index contributed by atoms with van der Waals surface area (Å²) in [5.41, 5.74) is 1.27. The Kier molecular flexibility index (Phi) is 12.3. The Morgan fingerprint density at radius 1 is 1.18 bits per heavy atom. The second-order valence-corrected chi connectivity index (χ2v) is 8.08. The van der Waals surface area contributed by atoms with Crippen molar-refractivity contribution in [2.24, 2.45) is 0 Å². The van der Waals surface area contributed by atoms with Crippen LogP contribution in [-0.2, 0) is 11.3 Å². The van der Waals surface area contributed by atoms with Crippen molar-refractivity contribution >= 4 is 17.8 Å². The summed E-state index contributed by atoms with van der Waals surface area (Å²) in [7, 11) is 0. The number of aliphatic carboxylic acids is 1. The zero-order valence-electron chi connectivity index (χ0n) is 21.7. The molecule has 0 saturated carbocycles. The van der Waals surface area contributed by atoms with Crippen LogP contribution in [0.15, 0.2) is 55.8 Å². The summed E-state index contributed by atoms with van der Waals surface area (Å²) in [6.07, 6.45) is 5.99. The number of nitrogens with zero attached hydrogens (tertiary/aromatic N) is 5. The summed E-state index contributed by atoms with van der Waals surface area (Å²) >= 11 is 0. The van der Waals surface area contributed by atoms with Gasteiger partial charge >= 0.3 is 12.1 Å². The molecule has 0 atom stereocenters. The molecule has 1 aromatic carbocycles. The topological polar surface area (TPSA) is 153 Å². The van der Waals surface area contributed by atoms with E-state index in [1.807, 2.05) is 23.8 Å². The number of aromatic nitrogens is 5.